The highest BCUT2D eigenvalue weighted by atomic mass is 79.9. The minimum Gasteiger partial charge on any atom is -0.493 e. The van der Waals surface area contributed by atoms with Crippen molar-refractivity contribution in [1.82, 2.24) is 14.9 Å². The highest BCUT2D eigenvalue weighted by Crippen LogP contribution is 2.37. The molecule has 2 heterocycles. The Labute approximate surface area is 183 Å². The number of piperidine rings is 1. The maximum Gasteiger partial charge on any atom is 0.163 e. The number of halogens is 2. The number of benzene rings is 2. The first-order chi connectivity index (χ1) is 14.5. The summed E-state index contributed by atoms with van der Waals surface area (Å²) in [6, 6.07) is 8.89. The van der Waals surface area contributed by atoms with Crippen molar-refractivity contribution in [2.75, 3.05) is 39.6 Å². The number of methoxy groups -OCH3 is 1. The lowest BCUT2D eigenvalue weighted by Crippen LogP contribution is -2.39. The van der Waals surface area contributed by atoms with Crippen LogP contribution >= 0.6 is 15.9 Å². The summed E-state index contributed by atoms with van der Waals surface area (Å²) in [5, 5.41) is 0.718. The van der Waals surface area contributed by atoms with Crippen LogP contribution in [-0.2, 0) is 0 Å². The molecule has 0 spiro atoms. The third-order valence-corrected chi connectivity index (χ3v) is 6.22. The molecule has 1 fully saturated rings. The zero-order valence-corrected chi connectivity index (χ0v) is 18.5. The summed E-state index contributed by atoms with van der Waals surface area (Å²) in [4.78, 5) is 10.5. The average Bonchev–Trinajstić information content (AvgIpc) is 2.72. The number of fused-ring (bicyclic) bond motifs is 1. The van der Waals surface area contributed by atoms with Gasteiger partial charge in [0.25, 0.3) is 0 Å². The van der Waals surface area contributed by atoms with Gasteiger partial charge in [-0.3, -0.25) is 0 Å². The Morgan fingerprint density at radius 3 is 2.83 bits per heavy atom. The van der Waals surface area contributed by atoms with E-state index in [2.05, 4.69) is 37.8 Å². The lowest BCUT2D eigenvalue weighted by molar-refractivity contribution is 0.132. The van der Waals surface area contributed by atoms with Crippen LogP contribution in [-0.4, -0.2) is 48.7 Å². The van der Waals surface area contributed by atoms with Crippen molar-refractivity contribution in [3.63, 3.8) is 0 Å². The standard InChI is InChI=1S/C22H24BrFN4O2/c1-28-6-5-13(17(10-28)15-4-3-14(23)7-18(15)24)11-30-21-9-19-16(8-20(21)29-2)22(25)27-12-26-19/h3-4,7-9,12-13,17H,5-6,10-11H2,1-2H3,(H2,25,26,27). The van der Waals surface area contributed by atoms with Gasteiger partial charge in [0.05, 0.1) is 19.2 Å². The summed E-state index contributed by atoms with van der Waals surface area (Å²) in [7, 11) is 3.65. The van der Waals surface area contributed by atoms with E-state index >= 15 is 0 Å². The monoisotopic (exact) mass is 474 g/mol. The van der Waals surface area contributed by atoms with Gasteiger partial charge in [-0.25, -0.2) is 14.4 Å². The number of hydrogen-bond donors (Lipinski definition) is 1. The molecule has 2 unspecified atom stereocenters. The van der Waals surface area contributed by atoms with Crippen molar-refractivity contribution in [3.8, 4) is 11.5 Å². The molecule has 0 aliphatic carbocycles. The maximum absolute atomic E-state index is 14.7. The van der Waals surface area contributed by atoms with Crippen LogP contribution in [0, 0.1) is 11.7 Å². The largest absolute Gasteiger partial charge is 0.493 e. The van der Waals surface area contributed by atoms with Gasteiger partial charge in [0.1, 0.15) is 18.0 Å². The van der Waals surface area contributed by atoms with Crippen molar-refractivity contribution >= 4 is 32.7 Å². The Morgan fingerprint density at radius 1 is 1.23 bits per heavy atom. The molecule has 1 saturated heterocycles. The SMILES string of the molecule is COc1cc2c(N)ncnc2cc1OCC1CCN(C)CC1c1ccc(Br)cc1F. The first-order valence-corrected chi connectivity index (χ1v) is 10.6. The number of likely N-dealkylation sites (tertiary alicyclic amines) is 1. The molecule has 3 aromatic rings. The van der Waals surface area contributed by atoms with E-state index in [-0.39, 0.29) is 17.7 Å². The number of likely N-dealkylation sites (N-methyl/N-ethyl adjacent to an activating group) is 1. The van der Waals surface area contributed by atoms with Gasteiger partial charge >= 0.3 is 0 Å². The average molecular weight is 475 g/mol. The van der Waals surface area contributed by atoms with Crippen molar-refractivity contribution < 1.29 is 13.9 Å². The molecule has 4 rings (SSSR count). The summed E-state index contributed by atoms with van der Waals surface area (Å²) in [6.45, 7) is 2.18. The Balaban J connectivity index is 1.59. The van der Waals surface area contributed by atoms with Gasteiger partial charge in [0.15, 0.2) is 11.5 Å². The lowest BCUT2D eigenvalue weighted by Gasteiger charge is -2.37. The predicted octanol–water partition coefficient (Wildman–Crippen LogP) is 4.24. The van der Waals surface area contributed by atoms with E-state index in [0.29, 0.717) is 29.4 Å². The number of nitrogens with zero attached hydrogens (tertiary/aromatic N) is 3. The zero-order valence-electron chi connectivity index (χ0n) is 16.9. The highest BCUT2D eigenvalue weighted by molar-refractivity contribution is 9.10. The Bertz CT molecular complexity index is 1060. The number of hydrogen-bond acceptors (Lipinski definition) is 6. The van der Waals surface area contributed by atoms with Gasteiger partial charge in [0, 0.05) is 34.3 Å². The van der Waals surface area contributed by atoms with Crippen LogP contribution < -0.4 is 15.2 Å². The van der Waals surface area contributed by atoms with Crippen LogP contribution in [0.4, 0.5) is 10.2 Å². The smallest absolute Gasteiger partial charge is 0.163 e. The number of aromatic nitrogens is 2. The van der Waals surface area contributed by atoms with Crippen LogP contribution in [0.25, 0.3) is 10.9 Å². The van der Waals surface area contributed by atoms with Crippen LogP contribution in [0.2, 0.25) is 0 Å². The van der Waals surface area contributed by atoms with Gasteiger partial charge < -0.3 is 20.1 Å². The van der Waals surface area contributed by atoms with Crippen LogP contribution in [0.15, 0.2) is 41.1 Å². The van der Waals surface area contributed by atoms with Gasteiger partial charge in [-0.05, 0) is 43.8 Å². The summed E-state index contributed by atoms with van der Waals surface area (Å²) in [6.07, 6.45) is 2.35. The minimum atomic E-state index is -0.190. The molecule has 158 valence electrons. The second-order valence-electron chi connectivity index (χ2n) is 7.67. The molecule has 0 saturated carbocycles. The third-order valence-electron chi connectivity index (χ3n) is 5.73. The number of ether oxygens (including phenoxy) is 2. The minimum absolute atomic E-state index is 0.0428. The van der Waals surface area contributed by atoms with Crippen molar-refractivity contribution in [3.05, 3.63) is 52.5 Å². The molecular weight excluding hydrogens is 451 g/mol. The van der Waals surface area contributed by atoms with E-state index < -0.39 is 0 Å². The molecule has 2 aromatic carbocycles. The molecule has 0 radical (unpaired) electrons. The van der Waals surface area contributed by atoms with Crippen molar-refractivity contribution in [2.45, 2.75) is 12.3 Å². The fraction of sp³-hybridized carbons (Fsp3) is 0.364. The topological polar surface area (TPSA) is 73.5 Å². The summed E-state index contributed by atoms with van der Waals surface area (Å²) in [5.41, 5.74) is 7.37. The third kappa shape index (κ3) is 4.20. The van der Waals surface area contributed by atoms with Gasteiger partial charge in [-0.15, -0.1) is 0 Å². The van der Waals surface area contributed by atoms with Crippen LogP contribution in [0.5, 0.6) is 11.5 Å². The van der Waals surface area contributed by atoms with E-state index in [9.17, 15) is 4.39 Å². The Morgan fingerprint density at radius 2 is 2.07 bits per heavy atom. The fourth-order valence-corrected chi connectivity index (χ4v) is 4.40. The van der Waals surface area contributed by atoms with Gasteiger partial charge in [-0.1, -0.05) is 22.0 Å². The molecule has 1 aliphatic rings. The first-order valence-electron chi connectivity index (χ1n) is 9.80. The molecule has 30 heavy (non-hydrogen) atoms. The zero-order chi connectivity index (χ0) is 21.3. The van der Waals surface area contributed by atoms with Crippen molar-refractivity contribution in [2.24, 2.45) is 5.92 Å². The molecular formula is C22H24BrFN4O2. The normalized spacial score (nSPS) is 19.7. The number of anilines is 1. The lowest BCUT2D eigenvalue weighted by atomic mass is 9.81. The quantitative estimate of drug-likeness (QED) is 0.596. The second-order valence-corrected chi connectivity index (χ2v) is 8.59. The molecule has 0 bridgehead atoms. The van der Waals surface area contributed by atoms with E-state index in [4.69, 9.17) is 15.2 Å². The Kier molecular flexibility index (Phi) is 6.06. The van der Waals surface area contributed by atoms with Gasteiger partial charge in [-0.2, -0.15) is 0 Å². The number of rotatable bonds is 5. The first kappa shape index (κ1) is 20.8. The van der Waals surface area contributed by atoms with Crippen molar-refractivity contribution in [1.29, 1.82) is 0 Å². The highest BCUT2D eigenvalue weighted by Gasteiger charge is 2.31. The number of nitrogens with two attached hydrogens (primary N) is 1. The molecule has 2 atom stereocenters. The summed E-state index contributed by atoms with van der Waals surface area (Å²) < 4.78 is 27.1. The predicted molar refractivity (Wildman–Crippen MR) is 118 cm³/mol. The molecule has 2 N–H and O–H groups in total. The molecule has 1 aromatic heterocycles. The van der Waals surface area contributed by atoms with E-state index in [1.807, 2.05) is 18.2 Å². The van der Waals surface area contributed by atoms with Gasteiger partial charge in [0.2, 0.25) is 0 Å². The molecule has 8 heteroatoms. The molecule has 1 aliphatic heterocycles. The second kappa shape index (κ2) is 8.73. The van der Waals surface area contributed by atoms with Crippen LogP contribution in [0.1, 0.15) is 17.9 Å². The fourth-order valence-electron chi connectivity index (χ4n) is 4.07. The Hall–Kier alpha value is -2.45. The van der Waals surface area contributed by atoms with E-state index in [1.165, 1.54) is 12.4 Å². The summed E-state index contributed by atoms with van der Waals surface area (Å²) in [5.74, 6) is 1.59. The maximum atomic E-state index is 14.7. The van der Waals surface area contributed by atoms with Crippen LogP contribution in [0.3, 0.4) is 0 Å². The number of nitrogen functional groups attached to an aromatic ring is 1. The summed E-state index contributed by atoms with van der Waals surface area (Å²) >= 11 is 3.34. The van der Waals surface area contributed by atoms with E-state index in [0.717, 1.165) is 34.9 Å². The molecule has 0 amide bonds. The molecule has 6 nitrogen and oxygen atoms in total. The van der Waals surface area contributed by atoms with E-state index in [1.54, 1.807) is 13.2 Å².